The summed E-state index contributed by atoms with van der Waals surface area (Å²) in [4.78, 5) is 12.3. The smallest absolute Gasteiger partial charge is 0.185 e. The standard InChI is InChI=1S/C23H18Cl2O4/c1-28-22-12-6-15(5-11-21(27)16-7-9-18(26)10-8-16)13-17(22)14-29-23-19(24)3-2-4-20(23)25/h2-13,26H,14H2,1H3/b11-5+. The molecule has 0 spiro atoms. The van der Waals surface area contributed by atoms with Crippen molar-refractivity contribution in [3.05, 3.63) is 93.5 Å². The molecule has 0 amide bonds. The zero-order valence-electron chi connectivity index (χ0n) is 15.6. The van der Waals surface area contributed by atoms with Gasteiger partial charge in [-0.3, -0.25) is 4.79 Å². The summed E-state index contributed by atoms with van der Waals surface area (Å²) in [6, 6.07) is 16.8. The lowest BCUT2D eigenvalue weighted by Crippen LogP contribution is -2.00. The highest BCUT2D eigenvalue weighted by Crippen LogP contribution is 2.33. The molecule has 4 nitrogen and oxygen atoms in total. The summed E-state index contributed by atoms with van der Waals surface area (Å²) in [5.41, 5.74) is 2.08. The summed E-state index contributed by atoms with van der Waals surface area (Å²) in [5, 5.41) is 10.2. The maximum Gasteiger partial charge on any atom is 0.185 e. The molecule has 0 aliphatic carbocycles. The molecule has 0 aromatic heterocycles. The van der Waals surface area contributed by atoms with Gasteiger partial charge in [0, 0.05) is 11.1 Å². The van der Waals surface area contributed by atoms with E-state index in [1.807, 2.05) is 12.1 Å². The first-order valence-electron chi connectivity index (χ1n) is 8.73. The van der Waals surface area contributed by atoms with Crippen molar-refractivity contribution in [2.75, 3.05) is 7.11 Å². The van der Waals surface area contributed by atoms with E-state index in [1.54, 1.807) is 49.6 Å². The zero-order chi connectivity index (χ0) is 20.8. The fourth-order valence-electron chi connectivity index (χ4n) is 2.68. The normalized spacial score (nSPS) is 10.9. The van der Waals surface area contributed by atoms with Gasteiger partial charge in [-0.15, -0.1) is 0 Å². The number of phenolic OH excluding ortho intramolecular Hbond substituents is 1. The van der Waals surface area contributed by atoms with Crippen LogP contribution >= 0.6 is 23.2 Å². The van der Waals surface area contributed by atoms with Crippen LogP contribution in [0.25, 0.3) is 6.08 Å². The van der Waals surface area contributed by atoms with Crippen LogP contribution in [0, 0.1) is 0 Å². The molecule has 6 heteroatoms. The van der Waals surface area contributed by atoms with E-state index < -0.39 is 0 Å². The number of ether oxygens (including phenoxy) is 2. The van der Waals surface area contributed by atoms with Gasteiger partial charge >= 0.3 is 0 Å². The molecule has 0 radical (unpaired) electrons. The number of para-hydroxylation sites is 1. The summed E-state index contributed by atoms with van der Waals surface area (Å²) in [6.07, 6.45) is 3.18. The van der Waals surface area contributed by atoms with Gasteiger partial charge in [0.1, 0.15) is 18.1 Å². The number of hydrogen-bond acceptors (Lipinski definition) is 4. The van der Waals surface area contributed by atoms with Crippen LogP contribution in [-0.2, 0) is 6.61 Å². The second kappa shape index (κ2) is 9.50. The molecular formula is C23H18Cl2O4. The van der Waals surface area contributed by atoms with Gasteiger partial charge in [-0.2, -0.15) is 0 Å². The van der Waals surface area contributed by atoms with Gasteiger partial charge in [0.15, 0.2) is 11.5 Å². The summed E-state index contributed by atoms with van der Waals surface area (Å²) in [6.45, 7) is 0.195. The maximum absolute atomic E-state index is 12.3. The SMILES string of the molecule is COc1ccc(/C=C/C(=O)c2ccc(O)cc2)cc1COc1c(Cl)cccc1Cl. The number of methoxy groups -OCH3 is 1. The largest absolute Gasteiger partial charge is 0.508 e. The van der Waals surface area contributed by atoms with Crippen molar-refractivity contribution >= 4 is 35.1 Å². The predicted octanol–water partition coefficient (Wildman–Crippen LogP) is 6.18. The van der Waals surface area contributed by atoms with Crippen LogP contribution in [-0.4, -0.2) is 18.0 Å². The van der Waals surface area contributed by atoms with Crippen molar-refractivity contribution in [1.82, 2.24) is 0 Å². The molecule has 0 fully saturated rings. The van der Waals surface area contributed by atoms with E-state index in [-0.39, 0.29) is 18.1 Å². The molecular weight excluding hydrogens is 411 g/mol. The number of phenols is 1. The van der Waals surface area contributed by atoms with E-state index in [9.17, 15) is 9.90 Å². The average Bonchev–Trinajstić information content (AvgIpc) is 2.72. The van der Waals surface area contributed by atoms with Gasteiger partial charge in [-0.05, 0) is 60.2 Å². The van der Waals surface area contributed by atoms with Crippen molar-refractivity contribution in [3.8, 4) is 17.2 Å². The fourth-order valence-corrected chi connectivity index (χ4v) is 3.19. The third kappa shape index (κ3) is 5.31. The van der Waals surface area contributed by atoms with Crippen LogP contribution in [0.3, 0.4) is 0 Å². The Morgan fingerprint density at radius 1 is 1.03 bits per heavy atom. The minimum absolute atomic E-state index is 0.115. The number of hydrogen-bond donors (Lipinski definition) is 1. The molecule has 3 aromatic rings. The van der Waals surface area contributed by atoms with E-state index in [1.165, 1.54) is 18.2 Å². The molecule has 0 saturated carbocycles. The Morgan fingerprint density at radius 2 is 1.72 bits per heavy atom. The number of benzene rings is 3. The molecule has 1 N–H and O–H groups in total. The van der Waals surface area contributed by atoms with Gasteiger partial charge < -0.3 is 14.6 Å². The number of rotatable bonds is 7. The quantitative estimate of drug-likeness (QED) is 0.360. The molecule has 0 unspecified atom stereocenters. The van der Waals surface area contributed by atoms with E-state index in [0.29, 0.717) is 27.1 Å². The van der Waals surface area contributed by atoms with Crippen LogP contribution in [0.2, 0.25) is 10.0 Å². The lowest BCUT2D eigenvalue weighted by atomic mass is 10.1. The number of carbonyl (C=O) groups is 1. The lowest BCUT2D eigenvalue weighted by molar-refractivity contribution is 0.104. The molecule has 29 heavy (non-hydrogen) atoms. The Kier molecular flexibility index (Phi) is 6.81. The first kappa shape index (κ1) is 20.8. The van der Waals surface area contributed by atoms with E-state index in [2.05, 4.69) is 0 Å². The number of aromatic hydroxyl groups is 1. The van der Waals surface area contributed by atoms with E-state index in [0.717, 1.165) is 11.1 Å². The zero-order valence-corrected chi connectivity index (χ0v) is 17.1. The molecule has 0 aliphatic rings. The number of halogens is 2. The summed E-state index contributed by atoms with van der Waals surface area (Å²) < 4.78 is 11.2. The van der Waals surface area contributed by atoms with Crippen LogP contribution < -0.4 is 9.47 Å². The van der Waals surface area contributed by atoms with Crippen molar-refractivity contribution in [3.63, 3.8) is 0 Å². The molecule has 0 atom stereocenters. The minimum atomic E-state index is -0.165. The summed E-state index contributed by atoms with van der Waals surface area (Å²) in [5.74, 6) is 1.00. The first-order chi connectivity index (χ1) is 14.0. The fraction of sp³-hybridized carbons (Fsp3) is 0.0870. The topological polar surface area (TPSA) is 55.8 Å². The third-order valence-electron chi connectivity index (χ3n) is 4.17. The second-order valence-corrected chi connectivity index (χ2v) is 6.97. The van der Waals surface area contributed by atoms with Crippen molar-refractivity contribution < 1.29 is 19.4 Å². The Balaban J connectivity index is 1.77. The Hall–Kier alpha value is -2.95. The number of carbonyl (C=O) groups excluding carboxylic acids is 1. The Labute approximate surface area is 178 Å². The van der Waals surface area contributed by atoms with Gasteiger partial charge in [-0.25, -0.2) is 0 Å². The molecule has 148 valence electrons. The summed E-state index contributed by atoms with van der Waals surface area (Å²) >= 11 is 12.3. The molecule has 0 aliphatic heterocycles. The van der Waals surface area contributed by atoms with Crippen LogP contribution in [0.5, 0.6) is 17.2 Å². The van der Waals surface area contributed by atoms with Gasteiger partial charge in [0.2, 0.25) is 0 Å². The van der Waals surface area contributed by atoms with E-state index >= 15 is 0 Å². The number of allylic oxidation sites excluding steroid dienone is 1. The molecule has 0 saturated heterocycles. The van der Waals surface area contributed by atoms with Crippen LogP contribution in [0.15, 0.2) is 66.7 Å². The highest BCUT2D eigenvalue weighted by atomic mass is 35.5. The molecule has 0 heterocycles. The molecule has 3 aromatic carbocycles. The minimum Gasteiger partial charge on any atom is -0.508 e. The van der Waals surface area contributed by atoms with Crippen molar-refractivity contribution in [2.24, 2.45) is 0 Å². The monoisotopic (exact) mass is 428 g/mol. The molecule has 0 bridgehead atoms. The van der Waals surface area contributed by atoms with Gasteiger partial charge in [0.25, 0.3) is 0 Å². The maximum atomic E-state index is 12.3. The van der Waals surface area contributed by atoms with Crippen molar-refractivity contribution in [2.45, 2.75) is 6.61 Å². The summed E-state index contributed by atoms with van der Waals surface area (Å²) in [7, 11) is 1.57. The Bertz CT molecular complexity index is 1020. The lowest BCUT2D eigenvalue weighted by Gasteiger charge is -2.13. The highest BCUT2D eigenvalue weighted by Gasteiger charge is 2.10. The van der Waals surface area contributed by atoms with Crippen LogP contribution in [0.4, 0.5) is 0 Å². The average molecular weight is 429 g/mol. The van der Waals surface area contributed by atoms with Crippen LogP contribution in [0.1, 0.15) is 21.5 Å². The molecule has 3 rings (SSSR count). The Morgan fingerprint density at radius 3 is 2.38 bits per heavy atom. The highest BCUT2D eigenvalue weighted by molar-refractivity contribution is 6.37. The second-order valence-electron chi connectivity index (χ2n) is 6.16. The van der Waals surface area contributed by atoms with Gasteiger partial charge in [-0.1, -0.05) is 41.4 Å². The number of ketones is 1. The third-order valence-corrected chi connectivity index (χ3v) is 4.77. The van der Waals surface area contributed by atoms with E-state index in [4.69, 9.17) is 32.7 Å². The van der Waals surface area contributed by atoms with Crippen molar-refractivity contribution in [1.29, 1.82) is 0 Å². The predicted molar refractivity (Wildman–Crippen MR) is 115 cm³/mol. The first-order valence-corrected chi connectivity index (χ1v) is 9.48. The van der Waals surface area contributed by atoms with Gasteiger partial charge in [0.05, 0.1) is 17.2 Å².